The minimum Gasteiger partial charge on any atom is -0.354 e. The van der Waals surface area contributed by atoms with Gasteiger partial charge < -0.3 is 10.2 Å². The Morgan fingerprint density at radius 3 is 2.26 bits per heavy atom. The fourth-order valence-corrected chi connectivity index (χ4v) is 4.34. The molecule has 0 saturated heterocycles. The van der Waals surface area contributed by atoms with Crippen LogP contribution in [0.15, 0.2) is 42.5 Å². The molecule has 0 aliphatic rings. The van der Waals surface area contributed by atoms with Crippen LogP contribution in [-0.4, -0.2) is 35.1 Å². The molecule has 0 unspecified atom stereocenters. The molecule has 1 N–H and O–H groups in total. The van der Waals surface area contributed by atoms with E-state index in [2.05, 4.69) is 51.2 Å². The predicted octanol–water partition coefficient (Wildman–Crippen LogP) is 5.03. The van der Waals surface area contributed by atoms with Crippen LogP contribution in [0.2, 0.25) is 0 Å². The van der Waals surface area contributed by atoms with Crippen molar-refractivity contribution < 1.29 is 9.59 Å². The number of nitrogens with zero attached hydrogens (tertiary/aromatic N) is 1. The van der Waals surface area contributed by atoms with E-state index in [1.54, 1.807) is 16.7 Å². The van der Waals surface area contributed by atoms with Crippen LogP contribution in [0.4, 0.5) is 0 Å². The number of amides is 2. The van der Waals surface area contributed by atoms with Crippen molar-refractivity contribution in [1.82, 2.24) is 10.2 Å². The Morgan fingerprint density at radius 1 is 1.00 bits per heavy atom. The van der Waals surface area contributed by atoms with Crippen LogP contribution in [0.3, 0.4) is 0 Å². The van der Waals surface area contributed by atoms with E-state index in [-0.39, 0.29) is 11.8 Å². The summed E-state index contributed by atoms with van der Waals surface area (Å²) in [5.41, 5.74) is 5.89. The molecule has 0 fully saturated rings. The van der Waals surface area contributed by atoms with Gasteiger partial charge in [0, 0.05) is 18.8 Å². The highest BCUT2D eigenvalue weighted by molar-refractivity contribution is 7.99. The molecule has 1 atom stereocenters. The standard InChI is InChI=1S/C26H36N2O2S/c1-18(2)14-27-26(30)22(6)28(15-24-10-8-7-9-21(24)5)25(29)17-31-16-23-12-19(3)11-20(4)13-23/h7-13,18,22H,14-17H2,1-6H3,(H,27,30)/t22-/m1/s1. The van der Waals surface area contributed by atoms with Crippen LogP contribution >= 0.6 is 11.8 Å². The van der Waals surface area contributed by atoms with Crippen LogP contribution in [0.25, 0.3) is 0 Å². The summed E-state index contributed by atoms with van der Waals surface area (Å²) in [6.45, 7) is 13.2. The van der Waals surface area contributed by atoms with Gasteiger partial charge in [-0.05, 0) is 50.3 Å². The third-order valence-electron chi connectivity index (χ3n) is 5.23. The first kappa shape index (κ1) is 25.0. The van der Waals surface area contributed by atoms with Crippen LogP contribution in [0.1, 0.15) is 48.6 Å². The fourth-order valence-electron chi connectivity index (χ4n) is 3.50. The first-order valence-electron chi connectivity index (χ1n) is 10.9. The van der Waals surface area contributed by atoms with Gasteiger partial charge >= 0.3 is 0 Å². The average molecular weight is 441 g/mol. The van der Waals surface area contributed by atoms with Crippen LogP contribution in [0, 0.1) is 26.7 Å². The van der Waals surface area contributed by atoms with Crippen LogP contribution < -0.4 is 5.32 Å². The quantitative estimate of drug-likeness (QED) is 0.563. The Balaban J connectivity index is 2.09. The number of thioether (sulfide) groups is 1. The van der Waals surface area contributed by atoms with Crippen molar-refractivity contribution in [1.29, 1.82) is 0 Å². The van der Waals surface area contributed by atoms with Gasteiger partial charge in [0.25, 0.3) is 0 Å². The van der Waals surface area contributed by atoms with Gasteiger partial charge in [0.15, 0.2) is 0 Å². The molecule has 0 bridgehead atoms. The molecule has 0 radical (unpaired) electrons. The van der Waals surface area contributed by atoms with Crippen LogP contribution in [0.5, 0.6) is 0 Å². The first-order chi connectivity index (χ1) is 14.7. The second-order valence-corrected chi connectivity index (χ2v) is 9.74. The second kappa shape index (κ2) is 11.9. The van der Waals surface area contributed by atoms with E-state index < -0.39 is 6.04 Å². The molecular formula is C26H36N2O2S. The lowest BCUT2D eigenvalue weighted by atomic mass is 10.1. The van der Waals surface area contributed by atoms with Gasteiger partial charge in [-0.2, -0.15) is 0 Å². The maximum atomic E-state index is 13.2. The monoisotopic (exact) mass is 440 g/mol. The molecule has 4 nitrogen and oxygen atoms in total. The lowest BCUT2D eigenvalue weighted by molar-refractivity contribution is -0.138. The number of nitrogens with one attached hydrogen (secondary N) is 1. The predicted molar refractivity (Wildman–Crippen MR) is 131 cm³/mol. The number of benzene rings is 2. The summed E-state index contributed by atoms with van der Waals surface area (Å²) < 4.78 is 0. The Labute approximate surface area is 191 Å². The lowest BCUT2D eigenvalue weighted by Gasteiger charge is -2.29. The molecule has 2 aromatic rings. The summed E-state index contributed by atoms with van der Waals surface area (Å²) in [6.07, 6.45) is 0. The number of carbonyl (C=O) groups excluding carboxylic acids is 2. The summed E-state index contributed by atoms with van der Waals surface area (Å²) in [5.74, 6) is 1.38. The summed E-state index contributed by atoms with van der Waals surface area (Å²) in [5, 5.41) is 2.97. The zero-order valence-corrected chi connectivity index (χ0v) is 20.5. The summed E-state index contributed by atoms with van der Waals surface area (Å²) >= 11 is 1.60. The molecule has 0 heterocycles. The van der Waals surface area contributed by atoms with Crippen molar-refractivity contribution in [3.05, 3.63) is 70.3 Å². The molecule has 0 saturated carbocycles. The zero-order chi connectivity index (χ0) is 23.0. The van der Waals surface area contributed by atoms with Gasteiger partial charge in [0.05, 0.1) is 5.75 Å². The molecule has 0 aliphatic heterocycles. The molecule has 2 amide bonds. The van der Waals surface area contributed by atoms with Crippen molar-refractivity contribution in [2.45, 2.75) is 59.9 Å². The van der Waals surface area contributed by atoms with E-state index in [1.165, 1.54) is 16.7 Å². The van der Waals surface area contributed by atoms with Crippen LogP contribution in [-0.2, 0) is 21.9 Å². The summed E-state index contributed by atoms with van der Waals surface area (Å²) in [7, 11) is 0. The molecule has 5 heteroatoms. The molecule has 0 aliphatic carbocycles. The van der Waals surface area contributed by atoms with Crippen molar-refractivity contribution in [3.8, 4) is 0 Å². The van der Waals surface area contributed by atoms with E-state index in [0.29, 0.717) is 24.8 Å². The summed E-state index contributed by atoms with van der Waals surface area (Å²) in [6, 6.07) is 14.0. The number of carbonyl (C=O) groups is 2. The molecular weight excluding hydrogens is 404 g/mol. The number of hydrogen-bond donors (Lipinski definition) is 1. The number of rotatable bonds is 10. The third kappa shape index (κ3) is 8.06. The number of hydrogen-bond acceptors (Lipinski definition) is 3. The van der Waals surface area contributed by atoms with E-state index in [4.69, 9.17) is 0 Å². The Morgan fingerprint density at radius 2 is 1.65 bits per heavy atom. The Hall–Kier alpha value is -2.27. The highest BCUT2D eigenvalue weighted by Gasteiger charge is 2.26. The van der Waals surface area contributed by atoms with E-state index in [1.807, 2.05) is 38.1 Å². The van der Waals surface area contributed by atoms with E-state index in [9.17, 15) is 9.59 Å². The largest absolute Gasteiger partial charge is 0.354 e. The average Bonchev–Trinajstić information content (AvgIpc) is 2.70. The molecule has 168 valence electrons. The molecule has 2 rings (SSSR count). The van der Waals surface area contributed by atoms with Gasteiger partial charge in [-0.1, -0.05) is 67.4 Å². The smallest absolute Gasteiger partial charge is 0.242 e. The normalized spacial score (nSPS) is 12.0. The zero-order valence-electron chi connectivity index (χ0n) is 19.7. The van der Waals surface area contributed by atoms with Gasteiger partial charge in [-0.15, -0.1) is 11.8 Å². The molecule has 31 heavy (non-hydrogen) atoms. The minimum atomic E-state index is -0.521. The lowest BCUT2D eigenvalue weighted by Crippen LogP contribution is -2.48. The molecule has 0 aromatic heterocycles. The maximum Gasteiger partial charge on any atom is 0.242 e. The SMILES string of the molecule is Cc1cc(C)cc(CSCC(=O)N(Cc2ccccc2C)[C@H](C)C(=O)NCC(C)C)c1. The maximum absolute atomic E-state index is 13.2. The van der Waals surface area contributed by atoms with Gasteiger partial charge in [-0.25, -0.2) is 0 Å². The fraction of sp³-hybridized carbons (Fsp3) is 0.462. The highest BCUT2D eigenvalue weighted by atomic mass is 32.2. The molecule has 0 spiro atoms. The molecule has 2 aromatic carbocycles. The number of aryl methyl sites for hydroxylation is 3. The Bertz CT molecular complexity index is 874. The van der Waals surface area contributed by atoms with Crippen molar-refractivity contribution in [2.24, 2.45) is 5.92 Å². The van der Waals surface area contributed by atoms with Gasteiger partial charge in [0.1, 0.15) is 6.04 Å². The van der Waals surface area contributed by atoms with Gasteiger partial charge in [-0.3, -0.25) is 9.59 Å². The second-order valence-electron chi connectivity index (χ2n) is 8.75. The van der Waals surface area contributed by atoms with Crippen molar-refractivity contribution in [2.75, 3.05) is 12.3 Å². The van der Waals surface area contributed by atoms with Crippen molar-refractivity contribution >= 4 is 23.6 Å². The first-order valence-corrected chi connectivity index (χ1v) is 12.1. The van der Waals surface area contributed by atoms with E-state index >= 15 is 0 Å². The third-order valence-corrected chi connectivity index (χ3v) is 6.22. The van der Waals surface area contributed by atoms with E-state index in [0.717, 1.165) is 16.9 Å². The summed E-state index contributed by atoms with van der Waals surface area (Å²) in [4.78, 5) is 27.6. The van der Waals surface area contributed by atoms with Gasteiger partial charge in [0.2, 0.25) is 11.8 Å². The van der Waals surface area contributed by atoms with Crippen molar-refractivity contribution in [3.63, 3.8) is 0 Å². The minimum absolute atomic E-state index is 0.00942. The highest BCUT2D eigenvalue weighted by Crippen LogP contribution is 2.19. The Kier molecular flexibility index (Phi) is 9.63. The topological polar surface area (TPSA) is 49.4 Å².